The van der Waals surface area contributed by atoms with Crippen LogP contribution < -0.4 is 4.74 Å². The van der Waals surface area contributed by atoms with Crippen LogP contribution in [0.4, 0.5) is 5.69 Å². The minimum atomic E-state index is -0.884. The SMILES string of the molecule is Cc1cc(C(O)=C2C(=O)C(=O)N(CCCN3CCOCC3)[C@H]2c2ccc([N+](=O)[O-])cc2)ccc1OCc1ccccc1. The number of benzene rings is 3. The largest absolute Gasteiger partial charge is 0.507 e. The molecule has 0 bridgehead atoms. The first-order valence-electron chi connectivity index (χ1n) is 13.9. The van der Waals surface area contributed by atoms with Crippen LogP contribution in [0.5, 0.6) is 5.75 Å². The molecule has 5 rings (SSSR count). The van der Waals surface area contributed by atoms with E-state index in [1.807, 2.05) is 37.3 Å². The van der Waals surface area contributed by atoms with E-state index >= 15 is 0 Å². The molecule has 2 aliphatic heterocycles. The van der Waals surface area contributed by atoms with E-state index in [2.05, 4.69) is 4.90 Å². The number of aliphatic hydroxyl groups excluding tert-OH is 1. The van der Waals surface area contributed by atoms with Crippen LogP contribution in [0.25, 0.3) is 5.76 Å². The number of Topliss-reactive ketones (excluding diaryl/α,β-unsaturated/α-hetero) is 1. The highest BCUT2D eigenvalue weighted by atomic mass is 16.6. The van der Waals surface area contributed by atoms with Crippen molar-refractivity contribution in [1.29, 1.82) is 0 Å². The molecule has 0 aliphatic carbocycles. The summed E-state index contributed by atoms with van der Waals surface area (Å²) in [7, 11) is 0. The fourth-order valence-electron chi connectivity index (χ4n) is 5.37. The van der Waals surface area contributed by atoms with Gasteiger partial charge in [0.1, 0.15) is 18.1 Å². The lowest BCUT2D eigenvalue weighted by Crippen LogP contribution is -2.38. The standard InChI is InChI=1S/C32H33N3O7/c1-22-20-25(10-13-27(22)42-21-23-6-3-2-4-7-23)30(36)28-29(24-8-11-26(12-9-24)35(39)40)34(32(38)31(28)37)15-5-14-33-16-18-41-19-17-33/h2-4,6-13,20,29,36H,5,14-19,21H2,1H3/t29-/m0/s1. The fraction of sp³-hybridized carbons (Fsp3) is 0.312. The van der Waals surface area contributed by atoms with Crippen LogP contribution in [0.3, 0.4) is 0 Å². The van der Waals surface area contributed by atoms with E-state index < -0.39 is 22.7 Å². The number of likely N-dealkylation sites (tertiary alicyclic amines) is 1. The molecule has 0 radical (unpaired) electrons. The molecule has 2 heterocycles. The molecule has 1 atom stereocenters. The monoisotopic (exact) mass is 571 g/mol. The number of amides is 1. The Morgan fingerprint density at radius 3 is 2.40 bits per heavy atom. The van der Waals surface area contributed by atoms with Crippen molar-refractivity contribution in [1.82, 2.24) is 9.80 Å². The van der Waals surface area contributed by atoms with Gasteiger partial charge < -0.3 is 19.5 Å². The van der Waals surface area contributed by atoms with Crippen molar-refractivity contribution in [3.63, 3.8) is 0 Å². The molecule has 1 N–H and O–H groups in total. The Kier molecular flexibility index (Phi) is 8.94. The summed E-state index contributed by atoms with van der Waals surface area (Å²) in [6.45, 7) is 6.14. The smallest absolute Gasteiger partial charge is 0.295 e. The van der Waals surface area contributed by atoms with E-state index in [4.69, 9.17) is 9.47 Å². The molecule has 0 unspecified atom stereocenters. The van der Waals surface area contributed by atoms with Crippen LogP contribution in [0, 0.1) is 17.0 Å². The molecule has 3 aromatic rings. The predicted octanol–water partition coefficient (Wildman–Crippen LogP) is 4.63. The average molecular weight is 572 g/mol. The quantitative estimate of drug-likeness (QED) is 0.123. The van der Waals surface area contributed by atoms with E-state index in [-0.39, 0.29) is 23.6 Å². The normalized spacial score (nSPS) is 18.8. The summed E-state index contributed by atoms with van der Waals surface area (Å²) in [5.74, 6) is -1.17. The molecule has 2 saturated heterocycles. The maximum Gasteiger partial charge on any atom is 0.295 e. The number of nitrogens with zero attached hydrogens (tertiary/aromatic N) is 3. The lowest BCUT2D eigenvalue weighted by molar-refractivity contribution is -0.384. The Balaban J connectivity index is 1.44. The van der Waals surface area contributed by atoms with Crippen LogP contribution in [-0.2, 0) is 20.9 Å². The van der Waals surface area contributed by atoms with Gasteiger partial charge in [0.05, 0.1) is 29.8 Å². The fourth-order valence-corrected chi connectivity index (χ4v) is 5.37. The summed E-state index contributed by atoms with van der Waals surface area (Å²) in [6.07, 6.45) is 0.614. The van der Waals surface area contributed by atoms with Gasteiger partial charge in [-0.1, -0.05) is 30.3 Å². The van der Waals surface area contributed by atoms with Crippen LogP contribution >= 0.6 is 0 Å². The van der Waals surface area contributed by atoms with Crippen LogP contribution in [0.15, 0.2) is 78.4 Å². The number of ketones is 1. The third kappa shape index (κ3) is 6.35. The van der Waals surface area contributed by atoms with Crippen molar-refractivity contribution >= 4 is 23.1 Å². The molecular formula is C32H33N3O7. The summed E-state index contributed by atoms with van der Waals surface area (Å²) in [4.78, 5) is 41.1. The van der Waals surface area contributed by atoms with Gasteiger partial charge >= 0.3 is 0 Å². The van der Waals surface area contributed by atoms with Crippen molar-refractivity contribution in [3.8, 4) is 5.75 Å². The zero-order valence-corrected chi connectivity index (χ0v) is 23.4. The second-order valence-electron chi connectivity index (χ2n) is 10.4. The van der Waals surface area contributed by atoms with Gasteiger partial charge in [-0.15, -0.1) is 0 Å². The summed E-state index contributed by atoms with van der Waals surface area (Å²) >= 11 is 0. The molecule has 3 aromatic carbocycles. The number of aryl methyl sites for hydroxylation is 1. The van der Waals surface area contributed by atoms with E-state index in [0.29, 0.717) is 43.1 Å². The molecule has 10 nitrogen and oxygen atoms in total. The molecule has 42 heavy (non-hydrogen) atoms. The highest BCUT2D eigenvalue weighted by Crippen LogP contribution is 2.40. The highest BCUT2D eigenvalue weighted by Gasteiger charge is 2.46. The molecular weight excluding hydrogens is 538 g/mol. The van der Waals surface area contributed by atoms with Crippen molar-refractivity contribution < 1.29 is 29.1 Å². The average Bonchev–Trinajstić information content (AvgIpc) is 3.26. The zero-order chi connectivity index (χ0) is 29.6. The topological polar surface area (TPSA) is 122 Å². The number of nitro groups is 1. The zero-order valence-electron chi connectivity index (χ0n) is 23.4. The van der Waals surface area contributed by atoms with Crippen molar-refractivity contribution in [2.24, 2.45) is 0 Å². The molecule has 218 valence electrons. The van der Waals surface area contributed by atoms with Gasteiger partial charge in [0, 0.05) is 43.9 Å². The molecule has 10 heteroatoms. The van der Waals surface area contributed by atoms with E-state index in [0.717, 1.165) is 30.8 Å². The maximum absolute atomic E-state index is 13.4. The number of morpholine rings is 1. The van der Waals surface area contributed by atoms with E-state index in [1.165, 1.54) is 29.2 Å². The minimum Gasteiger partial charge on any atom is -0.507 e. The number of hydrogen-bond acceptors (Lipinski definition) is 8. The number of carbonyl (C=O) groups is 2. The number of hydrogen-bond donors (Lipinski definition) is 1. The minimum absolute atomic E-state index is 0.0439. The molecule has 0 spiro atoms. The highest BCUT2D eigenvalue weighted by molar-refractivity contribution is 6.46. The van der Waals surface area contributed by atoms with E-state index in [1.54, 1.807) is 18.2 Å². The Bertz CT molecular complexity index is 1480. The first-order chi connectivity index (χ1) is 20.3. The summed E-state index contributed by atoms with van der Waals surface area (Å²) < 4.78 is 11.4. The van der Waals surface area contributed by atoms with Crippen LogP contribution in [0.2, 0.25) is 0 Å². The van der Waals surface area contributed by atoms with Crippen molar-refractivity contribution in [2.75, 3.05) is 39.4 Å². The molecule has 2 fully saturated rings. The van der Waals surface area contributed by atoms with Gasteiger partial charge in [-0.2, -0.15) is 0 Å². The Labute approximate surface area is 243 Å². The second kappa shape index (κ2) is 13.0. The third-order valence-electron chi connectivity index (χ3n) is 7.62. The number of nitro benzene ring substituents is 1. The lowest BCUT2D eigenvalue weighted by Gasteiger charge is -2.29. The molecule has 2 aliphatic rings. The van der Waals surface area contributed by atoms with Gasteiger partial charge in [0.2, 0.25) is 0 Å². The Morgan fingerprint density at radius 2 is 1.74 bits per heavy atom. The number of non-ortho nitro benzene ring substituents is 1. The summed E-state index contributed by atoms with van der Waals surface area (Å²) in [5.41, 5.74) is 2.50. The molecule has 0 aromatic heterocycles. The van der Waals surface area contributed by atoms with Crippen LogP contribution in [0.1, 0.15) is 34.7 Å². The van der Waals surface area contributed by atoms with Crippen molar-refractivity contribution in [2.45, 2.75) is 26.0 Å². The molecule has 0 saturated carbocycles. The number of rotatable bonds is 10. The van der Waals surface area contributed by atoms with Gasteiger partial charge in [-0.25, -0.2) is 0 Å². The first kappa shape index (κ1) is 29.0. The summed E-state index contributed by atoms with van der Waals surface area (Å²) in [5, 5.41) is 22.7. The van der Waals surface area contributed by atoms with Crippen LogP contribution in [-0.4, -0.2) is 70.9 Å². The first-order valence-corrected chi connectivity index (χ1v) is 13.9. The van der Waals surface area contributed by atoms with Gasteiger partial charge in [-0.05, 0) is 60.4 Å². The van der Waals surface area contributed by atoms with Gasteiger partial charge in [-0.3, -0.25) is 24.6 Å². The van der Waals surface area contributed by atoms with Gasteiger partial charge in [0.15, 0.2) is 0 Å². The van der Waals surface area contributed by atoms with E-state index in [9.17, 15) is 24.8 Å². The number of ether oxygens (including phenoxy) is 2. The molecule has 1 amide bonds. The predicted molar refractivity (Wildman–Crippen MR) is 156 cm³/mol. The van der Waals surface area contributed by atoms with Gasteiger partial charge in [0.25, 0.3) is 17.4 Å². The number of carbonyl (C=O) groups excluding carboxylic acids is 2. The Hall–Kier alpha value is -4.54. The third-order valence-corrected chi connectivity index (χ3v) is 7.62. The maximum atomic E-state index is 13.4. The summed E-state index contributed by atoms with van der Waals surface area (Å²) in [6, 6.07) is 19.7. The lowest BCUT2D eigenvalue weighted by atomic mass is 9.94. The second-order valence-corrected chi connectivity index (χ2v) is 10.4. The Morgan fingerprint density at radius 1 is 1.02 bits per heavy atom. The number of aliphatic hydroxyl groups is 1. The van der Waals surface area contributed by atoms with Crippen molar-refractivity contribution in [3.05, 3.63) is 111 Å².